The Morgan fingerprint density at radius 1 is 1.47 bits per heavy atom. The van der Waals surface area contributed by atoms with E-state index >= 15 is 0 Å². The van der Waals surface area contributed by atoms with Gasteiger partial charge in [-0.2, -0.15) is 5.26 Å². The molecule has 100 valence electrons. The molecule has 19 heavy (non-hydrogen) atoms. The molecule has 1 amide bonds. The Labute approximate surface area is 115 Å². The highest BCUT2D eigenvalue weighted by Crippen LogP contribution is 2.21. The molecule has 0 bridgehead atoms. The number of nitrogens with one attached hydrogen (secondary N) is 1. The highest BCUT2D eigenvalue weighted by Gasteiger charge is 2.19. The van der Waals surface area contributed by atoms with Gasteiger partial charge < -0.3 is 5.32 Å². The molecule has 0 aliphatic carbocycles. The van der Waals surface area contributed by atoms with Gasteiger partial charge in [0.15, 0.2) is 0 Å². The van der Waals surface area contributed by atoms with Crippen molar-refractivity contribution in [1.29, 1.82) is 5.26 Å². The van der Waals surface area contributed by atoms with Gasteiger partial charge in [-0.15, -0.1) is 0 Å². The number of rotatable bonds is 4. The minimum absolute atomic E-state index is 0.0556. The van der Waals surface area contributed by atoms with Crippen molar-refractivity contribution in [3.05, 3.63) is 38.9 Å². The van der Waals surface area contributed by atoms with E-state index in [-0.39, 0.29) is 22.2 Å². The van der Waals surface area contributed by atoms with Crippen molar-refractivity contribution in [2.45, 2.75) is 19.9 Å². The number of nitro groups is 1. The molecule has 1 aromatic carbocycles. The van der Waals surface area contributed by atoms with Crippen LogP contribution in [0.3, 0.4) is 0 Å². The standard InChI is InChI=1S/C12H12ClN3O3/c1-7(2)11(6-14)15-12(17)8-3-9(13)5-10(4-8)16(18)19/h3-5,7,11H,1-2H3,(H,15,17). The Hall–Kier alpha value is -2.13. The minimum Gasteiger partial charge on any atom is -0.336 e. The third kappa shape index (κ3) is 3.93. The number of amides is 1. The Bertz CT molecular complexity index is 552. The van der Waals surface area contributed by atoms with Crippen molar-refractivity contribution in [3.63, 3.8) is 0 Å². The molecule has 1 rings (SSSR count). The first kappa shape index (κ1) is 14.9. The number of hydrogen-bond acceptors (Lipinski definition) is 4. The summed E-state index contributed by atoms with van der Waals surface area (Å²) in [5.41, 5.74) is -0.212. The highest BCUT2D eigenvalue weighted by atomic mass is 35.5. The van der Waals surface area contributed by atoms with Gasteiger partial charge in [0, 0.05) is 22.7 Å². The van der Waals surface area contributed by atoms with Gasteiger partial charge in [0.2, 0.25) is 0 Å². The second kappa shape index (κ2) is 6.16. The van der Waals surface area contributed by atoms with Crippen molar-refractivity contribution in [2.24, 2.45) is 5.92 Å². The van der Waals surface area contributed by atoms with Crippen LogP contribution in [-0.2, 0) is 0 Å². The molecule has 0 radical (unpaired) electrons. The van der Waals surface area contributed by atoms with Crippen LogP contribution >= 0.6 is 11.6 Å². The summed E-state index contributed by atoms with van der Waals surface area (Å²) in [4.78, 5) is 21.9. The number of hydrogen-bond donors (Lipinski definition) is 1. The summed E-state index contributed by atoms with van der Waals surface area (Å²) >= 11 is 5.72. The zero-order valence-electron chi connectivity index (χ0n) is 10.4. The summed E-state index contributed by atoms with van der Waals surface area (Å²) in [6.07, 6.45) is 0. The number of benzene rings is 1. The lowest BCUT2D eigenvalue weighted by Gasteiger charge is -2.14. The van der Waals surface area contributed by atoms with Crippen molar-refractivity contribution >= 4 is 23.2 Å². The van der Waals surface area contributed by atoms with E-state index < -0.39 is 16.9 Å². The van der Waals surface area contributed by atoms with Gasteiger partial charge >= 0.3 is 0 Å². The van der Waals surface area contributed by atoms with Gasteiger partial charge in [-0.1, -0.05) is 25.4 Å². The monoisotopic (exact) mass is 281 g/mol. The molecule has 0 aliphatic heterocycles. The number of nitro benzene ring substituents is 1. The van der Waals surface area contributed by atoms with E-state index in [4.69, 9.17) is 16.9 Å². The molecule has 0 aromatic heterocycles. The first-order chi connectivity index (χ1) is 8.85. The van der Waals surface area contributed by atoms with Gasteiger partial charge in [0.05, 0.1) is 11.0 Å². The summed E-state index contributed by atoms with van der Waals surface area (Å²) < 4.78 is 0. The van der Waals surface area contributed by atoms with Gasteiger partial charge in [0.1, 0.15) is 6.04 Å². The molecule has 1 atom stereocenters. The summed E-state index contributed by atoms with van der Waals surface area (Å²) in [6.45, 7) is 3.57. The summed E-state index contributed by atoms with van der Waals surface area (Å²) in [5, 5.41) is 22.2. The van der Waals surface area contributed by atoms with Crippen molar-refractivity contribution in [1.82, 2.24) is 5.32 Å². The molecule has 0 aliphatic rings. The smallest absolute Gasteiger partial charge is 0.271 e. The predicted octanol–water partition coefficient (Wildman–Crippen LogP) is 2.53. The molecule has 1 aromatic rings. The molecule has 1 unspecified atom stereocenters. The van der Waals surface area contributed by atoms with E-state index in [0.29, 0.717) is 0 Å². The molecule has 0 fully saturated rings. The van der Waals surface area contributed by atoms with E-state index in [9.17, 15) is 14.9 Å². The van der Waals surface area contributed by atoms with E-state index in [1.54, 1.807) is 13.8 Å². The van der Waals surface area contributed by atoms with Crippen molar-refractivity contribution in [2.75, 3.05) is 0 Å². The molecular weight excluding hydrogens is 270 g/mol. The third-order valence-electron chi connectivity index (χ3n) is 2.45. The van der Waals surface area contributed by atoms with Gasteiger partial charge in [-0.05, 0) is 12.0 Å². The van der Waals surface area contributed by atoms with Gasteiger partial charge in [-0.25, -0.2) is 0 Å². The van der Waals surface area contributed by atoms with Crippen LogP contribution in [0.15, 0.2) is 18.2 Å². The molecule has 1 N–H and O–H groups in total. The Balaban J connectivity index is 3.00. The quantitative estimate of drug-likeness (QED) is 0.677. The van der Waals surface area contributed by atoms with E-state index in [0.717, 1.165) is 12.1 Å². The first-order valence-electron chi connectivity index (χ1n) is 5.50. The van der Waals surface area contributed by atoms with Crippen LogP contribution in [-0.4, -0.2) is 16.9 Å². The Morgan fingerprint density at radius 3 is 2.58 bits per heavy atom. The molecular formula is C12H12ClN3O3. The molecule has 0 heterocycles. The SMILES string of the molecule is CC(C)C(C#N)NC(=O)c1cc(Cl)cc([N+](=O)[O-])c1. The number of carbonyl (C=O) groups excluding carboxylic acids is 1. The van der Waals surface area contributed by atoms with Crippen LogP contribution in [0, 0.1) is 27.4 Å². The average molecular weight is 282 g/mol. The number of nitrogens with zero attached hydrogens (tertiary/aromatic N) is 2. The lowest BCUT2D eigenvalue weighted by Crippen LogP contribution is -2.37. The topological polar surface area (TPSA) is 96.0 Å². The molecule has 0 saturated heterocycles. The van der Waals surface area contributed by atoms with Crippen LogP contribution in [0.5, 0.6) is 0 Å². The molecule has 7 heteroatoms. The van der Waals surface area contributed by atoms with Crippen LogP contribution in [0.4, 0.5) is 5.69 Å². The zero-order valence-corrected chi connectivity index (χ0v) is 11.1. The van der Waals surface area contributed by atoms with Crippen LogP contribution in [0.25, 0.3) is 0 Å². The Kier molecular flexibility index (Phi) is 4.84. The summed E-state index contributed by atoms with van der Waals surface area (Å²) in [5.74, 6) is -0.631. The lowest BCUT2D eigenvalue weighted by atomic mass is 10.1. The zero-order chi connectivity index (χ0) is 14.6. The third-order valence-corrected chi connectivity index (χ3v) is 2.67. The Morgan fingerprint density at radius 2 is 2.11 bits per heavy atom. The lowest BCUT2D eigenvalue weighted by molar-refractivity contribution is -0.384. The minimum atomic E-state index is -0.662. The number of halogens is 1. The van der Waals surface area contributed by atoms with E-state index in [1.165, 1.54) is 6.07 Å². The van der Waals surface area contributed by atoms with Crippen LogP contribution in [0.1, 0.15) is 24.2 Å². The van der Waals surface area contributed by atoms with Gasteiger partial charge in [-0.3, -0.25) is 14.9 Å². The molecule has 6 nitrogen and oxygen atoms in total. The summed E-state index contributed by atoms with van der Waals surface area (Å²) in [7, 11) is 0. The first-order valence-corrected chi connectivity index (χ1v) is 5.88. The number of nitriles is 1. The summed E-state index contributed by atoms with van der Waals surface area (Å²) in [6, 6.07) is 4.89. The predicted molar refractivity (Wildman–Crippen MR) is 69.8 cm³/mol. The maximum absolute atomic E-state index is 11.9. The normalized spacial score (nSPS) is 11.7. The van der Waals surface area contributed by atoms with Crippen LogP contribution < -0.4 is 5.32 Å². The van der Waals surface area contributed by atoms with Gasteiger partial charge in [0.25, 0.3) is 11.6 Å². The second-order valence-electron chi connectivity index (χ2n) is 4.28. The highest BCUT2D eigenvalue weighted by molar-refractivity contribution is 6.31. The fourth-order valence-corrected chi connectivity index (χ4v) is 1.61. The molecule has 0 spiro atoms. The maximum Gasteiger partial charge on any atom is 0.271 e. The van der Waals surface area contributed by atoms with E-state index in [2.05, 4.69) is 5.32 Å². The van der Waals surface area contributed by atoms with Crippen LogP contribution in [0.2, 0.25) is 5.02 Å². The maximum atomic E-state index is 11.9. The second-order valence-corrected chi connectivity index (χ2v) is 4.72. The van der Waals surface area contributed by atoms with Crippen molar-refractivity contribution in [3.8, 4) is 6.07 Å². The van der Waals surface area contributed by atoms with Crippen molar-refractivity contribution < 1.29 is 9.72 Å². The number of non-ortho nitro benzene ring substituents is 1. The average Bonchev–Trinajstić information content (AvgIpc) is 2.34. The fraction of sp³-hybridized carbons (Fsp3) is 0.333. The fourth-order valence-electron chi connectivity index (χ4n) is 1.38. The molecule has 0 saturated carbocycles. The largest absolute Gasteiger partial charge is 0.336 e. The number of carbonyl (C=O) groups is 1. The van der Waals surface area contributed by atoms with E-state index in [1.807, 2.05) is 6.07 Å².